The molecule has 156 valence electrons. The van der Waals surface area contributed by atoms with E-state index in [1.807, 2.05) is 19.9 Å². The molecule has 1 aliphatic rings. The van der Waals surface area contributed by atoms with Crippen LogP contribution in [0.3, 0.4) is 0 Å². The molecule has 0 spiro atoms. The number of rotatable bonds is 7. The van der Waals surface area contributed by atoms with E-state index >= 15 is 0 Å². The van der Waals surface area contributed by atoms with Gasteiger partial charge in [-0.25, -0.2) is 4.39 Å². The molecule has 0 unspecified atom stereocenters. The summed E-state index contributed by atoms with van der Waals surface area (Å²) in [7, 11) is 0. The fraction of sp³-hybridized carbons (Fsp3) is 0.440. The molecule has 4 heteroatoms. The molecule has 1 saturated carbocycles. The van der Waals surface area contributed by atoms with Gasteiger partial charge in [-0.1, -0.05) is 30.4 Å². The Morgan fingerprint density at radius 3 is 2.45 bits per heavy atom. The number of fused-ring (bicyclic) bond motifs is 1. The van der Waals surface area contributed by atoms with E-state index in [0.29, 0.717) is 29.7 Å². The van der Waals surface area contributed by atoms with E-state index in [2.05, 4.69) is 6.08 Å². The van der Waals surface area contributed by atoms with Gasteiger partial charge in [-0.15, -0.1) is 0 Å². The van der Waals surface area contributed by atoms with Crippen LogP contribution in [0.15, 0.2) is 48.6 Å². The highest BCUT2D eigenvalue weighted by molar-refractivity contribution is 5.86. The van der Waals surface area contributed by atoms with E-state index in [9.17, 15) is 13.2 Å². The van der Waals surface area contributed by atoms with Crippen LogP contribution in [-0.4, -0.2) is 6.11 Å². The minimum atomic E-state index is -3.22. The number of halogens is 3. The lowest BCUT2D eigenvalue weighted by molar-refractivity contribution is -0.223. The van der Waals surface area contributed by atoms with Crippen molar-refractivity contribution in [3.8, 4) is 5.75 Å². The van der Waals surface area contributed by atoms with Crippen molar-refractivity contribution in [2.24, 2.45) is 11.8 Å². The van der Waals surface area contributed by atoms with Crippen LogP contribution >= 0.6 is 0 Å². The van der Waals surface area contributed by atoms with Gasteiger partial charge in [0.2, 0.25) is 0 Å². The van der Waals surface area contributed by atoms with Gasteiger partial charge >= 0.3 is 6.11 Å². The monoisotopic (exact) mass is 402 g/mol. The molecule has 0 heterocycles. The molecule has 2 aromatic rings. The molecular weight excluding hydrogens is 373 g/mol. The summed E-state index contributed by atoms with van der Waals surface area (Å²) < 4.78 is 48.8. The first kappa shape index (κ1) is 21.5. The van der Waals surface area contributed by atoms with Crippen molar-refractivity contribution in [3.63, 3.8) is 0 Å². The maximum absolute atomic E-state index is 14.8. The fourth-order valence-corrected chi connectivity index (χ4v) is 4.16. The molecule has 1 fully saturated rings. The molecule has 0 radical (unpaired) electrons. The highest BCUT2D eigenvalue weighted by atomic mass is 19.3. The molecule has 0 bridgehead atoms. The molecule has 0 aromatic heterocycles. The highest BCUT2D eigenvalue weighted by Gasteiger charge is 2.43. The maximum atomic E-state index is 14.8. The van der Waals surface area contributed by atoms with Crippen molar-refractivity contribution < 1.29 is 17.9 Å². The Labute approximate surface area is 171 Å². The smallest absolute Gasteiger partial charge is 0.400 e. The third-order valence-electron chi connectivity index (χ3n) is 5.83. The van der Waals surface area contributed by atoms with Crippen LogP contribution in [0.4, 0.5) is 13.2 Å². The predicted octanol–water partition coefficient (Wildman–Crippen LogP) is 8.15. The minimum absolute atomic E-state index is 0.0795. The molecule has 0 aliphatic heterocycles. The Kier molecular flexibility index (Phi) is 7.05. The largest absolute Gasteiger partial charge is 0.432 e. The van der Waals surface area contributed by atoms with Gasteiger partial charge in [0.15, 0.2) is 0 Å². The van der Waals surface area contributed by atoms with Gasteiger partial charge in [0, 0.05) is 5.56 Å². The summed E-state index contributed by atoms with van der Waals surface area (Å²) in [5.41, 5.74) is 0.477. The van der Waals surface area contributed by atoms with Crippen LogP contribution in [0.2, 0.25) is 0 Å². The van der Waals surface area contributed by atoms with Gasteiger partial charge in [0.1, 0.15) is 11.6 Å². The number of alkyl halides is 2. The normalized spacial score (nSPS) is 20.7. The predicted molar refractivity (Wildman–Crippen MR) is 114 cm³/mol. The summed E-state index contributed by atoms with van der Waals surface area (Å²) >= 11 is 0. The maximum Gasteiger partial charge on any atom is 0.400 e. The average molecular weight is 403 g/mol. The number of benzene rings is 2. The Bertz CT molecular complexity index is 877. The third kappa shape index (κ3) is 5.43. The first-order chi connectivity index (χ1) is 13.9. The second kappa shape index (κ2) is 9.51. The Balaban J connectivity index is 1.67. The summed E-state index contributed by atoms with van der Waals surface area (Å²) in [5, 5.41) is 1.34. The summed E-state index contributed by atoms with van der Waals surface area (Å²) in [5.74, 6) is -0.551. The summed E-state index contributed by atoms with van der Waals surface area (Å²) in [6.45, 7) is 3.81. The zero-order chi connectivity index (χ0) is 20.9. The van der Waals surface area contributed by atoms with Crippen LogP contribution in [0.1, 0.15) is 57.9 Å². The standard InChI is InChI=1S/C25H29F3O/c1-3-5-6-8-18-9-12-22(13-10-18)25(27,28)29-23-14-11-19-15-20(7-4-2)24(26)17-21(19)16-23/h3-5,7,11,14-18,22H,6,8-10,12-13H2,1-2H3/b5-3+,7-4+. The van der Waals surface area contributed by atoms with Crippen LogP contribution in [-0.2, 0) is 0 Å². The van der Waals surface area contributed by atoms with E-state index in [0.717, 1.165) is 31.1 Å². The van der Waals surface area contributed by atoms with E-state index in [1.54, 1.807) is 24.3 Å². The summed E-state index contributed by atoms with van der Waals surface area (Å²) in [6.07, 6.45) is 9.06. The lowest BCUT2D eigenvalue weighted by Crippen LogP contribution is -2.37. The Morgan fingerprint density at radius 2 is 1.76 bits per heavy atom. The molecular formula is C25H29F3O. The van der Waals surface area contributed by atoms with Crippen molar-refractivity contribution in [2.75, 3.05) is 0 Å². The second-order valence-corrected chi connectivity index (χ2v) is 7.91. The minimum Gasteiger partial charge on any atom is -0.432 e. The highest BCUT2D eigenvalue weighted by Crippen LogP contribution is 2.41. The first-order valence-corrected chi connectivity index (χ1v) is 10.5. The van der Waals surface area contributed by atoms with Gasteiger partial charge in [-0.05, 0) is 93.3 Å². The quantitative estimate of drug-likeness (QED) is 0.425. The third-order valence-corrected chi connectivity index (χ3v) is 5.83. The average Bonchev–Trinajstić information content (AvgIpc) is 2.69. The molecule has 2 aromatic carbocycles. The Morgan fingerprint density at radius 1 is 1.00 bits per heavy atom. The first-order valence-electron chi connectivity index (χ1n) is 10.5. The molecule has 1 nitrogen and oxygen atoms in total. The van der Waals surface area contributed by atoms with Crippen LogP contribution < -0.4 is 4.74 Å². The molecule has 0 amide bonds. The number of ether oxygens (including phenoxy) is 1. The van der Waals surface area contributed by atoms with Crippen LogP contribution in [0.5, 0.6) is 5.75 Å². The van der Waals surface area contributed by atoms with Gasteiger partial charge in [-0.3, -0.25) is 0 Å². The van der Waals surface area contributed by atoms with Crippen LogP contribution in [0, 0.1) is 17.7 Å². The number of hydrogen-bond acceptors (Lipinski definition) is 1. The zero-order valence-corrected chi connectivity index (χ0v) is 17.1. The lowest BCUT2D eigenvalue weighted by Gasteiger charge is -2.33. The summed E-state index contributed by atoms with van der Waals surface area (Å²) in [6, 6.07) is 7.81. The molecule has 29 heavy (non-hydrogen) atoms. The summed E-state index contributed by atoms with van der Waals surface area (Å²) in [4.78, 5) is 0. The fourth-order valence-electron chi connectivity index (χ4n) is 4.16. The topological polar surface area (TPSA) is 9.23 Å². The molecule has 0 atom stereocenters. The molecule has 0 N–H and O–H groups in total. The molecule has 1 aliphatic carbocycles. The van der Waals surface area contributed by atoms with Crippen molar-refractivity contribution in [1.29, 1.82) is 0 Å². The van der Waals surface area contributed by atoms with E-state index in [1.165, 1.54) is 18.2 Å². The zero-order valence-electron chi connectivity index (χ0n) is 17.1. The number of hydrogen-bond donors (Lipinski definition) is 0. The molecule has 3 rings (SSSR count). The van der Waals surface area contributed by atoms with Crippen molar-refractivity contribution in [1.82, 2.24) is 0 Å². The van der Waals surface area contributed by atoms with Gasteiger partial charge < -0.3 is 4.74 Å². The van der Waals surface area contributed by atoms with Crippen molar-refractivity contribution in [2.45, 2.75) is 58.5 Å². The number of allylic oxidation sites excluding steroid dienone is 3. The van der Waals surface area contributed by atoms with E-state index < -0.39 is 12.0 Å². The Hall–Kier alpha value is -2.23. The second-order valence-electron chi connectivity index (χ2n) is 7.91. The van der Waals surface area contributed by atoms with Crippen LogP contribution in [0.25, 0.3) is 16.8 Å². The van der Waals surface area contributed by atoms with Crippen molar-refractivity contribution >= 4 is 16.8 Å². The van der Waals surface area contributed by atoms with Crippen molar-refractivity contribution in [3.05, 3.63) is 59.9 Å². The van der Waals surface area contributed by atoms with E-state index in [-0.39, 0.29) is 11.6 Å². The van der Waals surface area contributed by atoms with Gasteiger partial charge in [0.25, 0.3) is 0 Å². The van der Waals surface area contributed by atoms with Gasteiger partial charge in [0.05, 0.1) is 5.92 Å². The van der Waals surface area contributed by atoms with E-state index in [4.69, 9.17) is 4.74 Å². The lowest BCUT2D eigenvalue weighted by atomic mass is 9.79. The molecule has 0 saturated heterocycles. The SMILES string of the molecule is C/C=C/CCC1CCC(C(F)(F)Oc2ccc3cc(/C=C/C)c(F)cc3c2)CC1. The van der Waals surface area contributed by atoms with Gasteiger partial charge in [-0.2, -0.15) is 8.78 Å².